The molecule has 3 aromatic heterocycles. The SMILES string of the molecule is Cn1c2ccccc2c2cc(-c3ccc4c(c3)C3(c5ccccc5-c5ccccc53)c3cc(-c5ccc6c(c5)c5ccccc5n6C)c5c(sc6ccccc65)c3-4)ccc21. The Morgan fingerprint density at radius 2 is 0.883 bits per heavy atom. The summed E-state index contributed by atoms with van der Waals surface area (Å²) < 4.78 is 7.34. The third-order valence-corrected chi connectivity index (χ3v) is 15.4. The van der Waals surface area contributed by atoms with Crippen molar-refractivity contribution < 1.29 is 0 Å². The summed E-state index contributed by atoms with van der Waals surface area (Å²) >= 11 is 1.95. The first-order valence-corrected chi connectivity index (χ1v) is 21.7. The van der Waals surface area contributed by atoms with Gasteiger partial charge in [0, 0.05) is 83.4 Å². The van der Waals surface area contributed by atoms with Crippen molar-refractivity contribution >= 4 is 75.1 Å². The molecule has 280 valence electrons. The van der Waals surface area contributed by atoms with Crippen LogP contribution in [0.1, 0.15) is 22.3 Å². The van der Waals surface area contributed by atoms with Crippen molar-refractivity contribution in [3.8, 4) is 44.5 Å². The number of benzene rings is 9. The smallest absolute Gasteiger partial charge is 0.0726 e. The number of nitrogens with zero attached hydrogens (tertiary/aromatic N) is 2. The second-order valence-corrected chi connectivity index (χ2v) is 17.9. The summed E-state index contributed by atoms with van der Waals surface area (Å²) in [5, 5.41) is 7.84. The molecule has 0 aliphatic heterocycles. The molecular formula is C57H36N2S. The van der Waals surface area contributed by atoms with Gasteiger partial charge >= 0.3 is 0 Å². The largest absolute Gasteiger partial charge is 0.344 e. The molecular weight excluding hydrogens is 745 g/mol. The van der Waals surface area contributed by atoms with Crippen LogP contribution in [-0.4, -0.2) is 9.13 Å². The van der Waals surface area contributed by atoms with Crippen molar-refractivity contribution in [2.45, 2.75) is 5.41 Å². The van der Waals surface area contributed by atoms with Crippen LogP contribution in [0.3, 0.4) is 0 Å². The predicted octanol–water partition coefficient (Wildman–Crippen LogP) is 15.0. The molecule has 12 aromatic rings. The van der Waals surface area contributed by atoms with Crippen LogP contribution in [0.25, 0.3) is 108 Å². The Balaban J connectivity index is 1.11. The van der Waals surface area contributed by atoms with Gasteiger partial charge in [0.1, 0.15) is 0 Å². The standard InChI is InChI=1S/C57H36N2S/c1-58-49-20-10-5-15-38(49)43-29-33(24-27-51(43)58)34-23-26-40-47(31-34)57(45-18-8-3-13-36(45)37-14-4-9-19-46(37)57)48-32-42(54-41-17-7-12-22-53(41)60-56(54)55(40)48)35-25-28-52-44(30-35)39-16-6-11-21-50(39)59(52)2/h3-32H,1-2H3. The number of fused-ring (bicyclic) bond motifs is 20. The summed E-state index contributed by atoms with van der Waals surface area (Å²) in [5.41, 5.74) is 20.4. The summed E-state index contributed by atoms with van der Waals surface area (Å²) in [4.78, 5) is 0. The monoisotopic (exact) mass is 780 g/mol. The van der Waals surface area contributed by atoms with Crippen LogP contribution in [-0.2, 0) is 19.5 Å². The van der Waals surface area contributed by atoms with Gasteiger partial charge < -0.3 is 9.13 Å². The Kier molecular flexibility index (Phi) is 6.27. The molecule has 3 heteroatoms. The summed E-state index contributed by atoms with van der Waals surface area (Å²) in [6.45, 7) is 0. The number of aryl methyl sites for hydroxylation is 2. The average Bonchev–Trinajstić information content (AvgIpc) is 4.07. The maximum absolute atomic E-state index is 2.60. The Morgan fingerprint density at radius 1 is 0.367 bits per heavy atom. The molecule has 0 unspecified atom stereocenters. The number of para-hydroxylation sites is 2. The van der Waals surface area contributed by atoms with E-state index in [2.05, 4.69) is 205 Å². The first-order valence-electron chi connectivity index (χ1n) is 20.9. The Morgan fingerprint density at radius 3 is 1.57 bits per heavy atom. The molecule has 2 aliphatic rings. The highest BCUT2D eigenvalue weighted by Crippen LogP contribution is 2.66. The van der Waals surface area contributed by atoms with E-state index < -0.39 is 5.41 Å². The van der Waals surface area contributed by atoms with Crippen molar-refractivity contribution in [2.75, 3.05) is 0 Å². The number of hydrogen-bond donors (Lipinski definition) is 0. The molecule has 14 rings (SSSR count). The van der Waals surface area contributed by atoms with E-state index in [1.165, 1.54) is 131 Å². The van der Waals surface area contributed by atoms with Gasteiger partial charge in [-0.15, -0.1) is 11.3 Å². The lowest BCUT2D eigenvalue weighted by Gasteiger charge is -2.31. The quantitative estimate of drug-likeness (QED) is 0.165. The van der Waals surface area contributed by atoms with Gasteiger partial charge in [0.15, 0.2) is 0 Å². The van der Waals surface area contributed by atoms with Crippen LogP contribution in [0.4, 0.5) is 0 Å². The molecule has 0 radical (unpaired) electrons. The molecule has 0 atom stereocenters. The fourth-order valence-corrected chi connectivity index (χ4v) is 12.9. The zero-order chi connectivity index (χ0) is 39.4. The summed E-state index contributed by atoms with van der Waals surface area (Å²) in [6, 6.07) is 69.2. The highest BCUT2D eigenvalue weighted by atomic mass is 32.1. The lowest BCUT2D eigenvalue weighted by Crippen LogP contribution is -2.26. The van der Waals surface area contributed by atoms with Crippen LogP contribution < -0.4 is 0 Å². The van der Waals surface area contributed by atoms with Gasteiger partial charge in [-0.3, -0.25) is 0 Å². The number of hydrogen-bond acceptors (Lipinski definition) is 1. The van der Waals surface area contributed by atoms with E-state index in [9.17, 15) is 0 Å². The van der Waals surface area contributed by atoms with E-state index in [1.54, 1.807) is 0 Å². The third-order valence-electron chi connectivity index (χ3n) is 14.2. The van der Waals surface area contributed by atoms with Crippen molar-refractivity contribution in [1.82, 2.24) is 9.13 Å². The Hall–Kier alpha value is -7.20. The molecule has 0 saturated carbocycles. The predicted molar refractivity (Wildman–Crippen MR) is 254 cm³/mol. The summed E-state index contributed by atoms with van der Waals surface area (Å²) in [5.74, 6) is 0. The minimum Gasteiger partial charge on any atom is -0.344 e. The van der Waals surface area contributed by atoms with E-state index in [-0.39, 0.29) is 0 Å². The normalized spacial score (nSPS) is 13.6. The third kappa shape index (κ3) is 3.94. The van der Waals surface area contributed by atoms with Crippen LogP contribution >= 0.6 is 11.3 Å². The van der Waals surface area contributed by atoms with E-state index in [0.29, 0.717) is 0 Å². The minimum absolute atomic E-state index is 0.500. The summed E-state index contributed by atoms with van der Waals surface area (Å²) in [6.07, 6.45) is 0. The minimum atomic E-state index is -0.500. The van der Waals surface area contributed by atoms with Gasteiger partial charge in [0.2, 0.25) is 0 Å². The molecule has 2 aliphatic carbocycles. The number of rotatable bonds is 2. The molecule has 0 amide bonds. The molecule has 0 bridgehead atoms. The molecule has 60 heavy (non-hydrogen) atoms. The van der Waals surface area contributed by atoms with Crippen LogP contribution in [0.15, 0.2) is 182 Å². The molecule has 1 spiro atoms. The van der Waals surface area contributed by atoms with Crippen LogP contribution in [0.5, 0.6) is 0 Å². The maximum atomic E-state index is 2.60. The fraction of sp³-hybridized carbons (Fsp3) is 0.0526. The average molecular weight is 781 g/mol. The highest BCUT2D eigenvalue weighted by Gasteiger charge is 2.52. The highest BCUT2D eigenvalue weighted by molar-refractivity contribution is 7.26. The molecule has 0 N–H and O–H groups in total. The van der Waals surface area contributed by atoms with E-state index in [0.717, 1.165) is 0 Å². The first-order chi connectivity index (χ1) is 29.6. The maximum Gasteiger partial charge on any atom is 0.0726 e. The fourth-order valence-electron chi connectivity index (χ4n) is 11.6. The van der Waals surface area contributed by atoms with E-state index >= 15 is 0 Å². The summed E-state index contributed by atoms with van der Waals surface area (Å²) in [7, 11) is 4.37. The number of thiophene rings is 1. The van der Waals surface area contributed by atoms with Crippen molar-refractivity contribution in [3.63, 3.8) is 0 Å². The Bertz CT molecular complexity index is 3820. The Labute approximate surface area is 350 Å². The van der Waals surface area contributed by atoms with Gasteiger partial charge in [-0.2, -0.15) is 0 Å². The second-order valence-electron chi connectivity index (χ2n) is 16.9. The topological polar surface area (TPSA) is 9.86 Å². The van der Waals surface area contributed by atoms with Crippen molar-refractivity contribution in [1.29, 1.82) is 0 Å². The molecule has 3 heterocycles. The van der Waals surface area contributed by atoms with Gasteiger partial charge in [0.25, 0.3) is 0 Å². The van der Waals surface area contributed by atoms with Gasteiger partial charge in [-0.1, -0.05) is 127 Å². The van der Waals surface area contributed by atoms with Crippen LogP contribution in [0.2, 0.25) is 0 Å². The zero-order valence-electron chi connectivity index (χ0n) is 33.1. The number of aromatic nitrogens is 2. The van der Waals surface area contributed by atoms with Gasteiger partial charge in [-0.05, 0) is 116 Å². The first kappa shape index (κ1) is 32.7. The molecule has 9 aromatic carbocycles. The van der Waals surface area contributed by atoms with E-state index in [1.807, 2.05) is 11.3 Å². The van der Waals surface area contributed by atoms with Crippen LogP contribution in [0, 0.1) is 0 Å². The molecule has 0 saturated heterocycles. The van der Waals surface area contributed by atoms with E-state index in [4.69, 9.17) is 0 Å². The molecule has 0 fully saturated rings. The lowest BCUT2D eigenvalue weighted by atomic mass is 9.69. The zero-order valence-corrected chi connectivity index (χ0v) is 33.9. The van der Waals surface area contributed by atoms with Crippen molar-refractivity contribution in [2.24, 2.45) is 14.1 Å². The van der Waals surface area contributed by atoms with Gasteiger partial charge in [0.05, 0.1) is 5.41 Å². The second kappa shape index (κ2) is 11.5. The molecule has 2 nitrogen and oxygen atoms in total. The lowest BCUT2D eigenvalue weighted by molar-refractivity contribution is 0.795. The van der Waals surface area contributed by atoms with Crippen molar-refractivity contribution in [3.05, 3.63) is 204 Å². The van der Waals surface area contributed by atoms with Gasteiger partial charge in [-0.25, -0.2) is 0 Å².